The first-order chi connectivity index (χ1) is 11.6. The smallest absolute Gasteiger partial charge is 0.238 e. The first kappa shape index (κ1) is 17.0. The number of aryl methyl sites for hydroxylation is 1. The van der Waals surface area contributed by atoms with Gasteiger partial charge in [0, 0.05) is 19.1 Å². The van der Waals surface area contributed by atoms with Gasteiger partial charge in [0.05, 0.1) is 0 Å². The third-order valence-corrected chi connectivity index (χ3v) is 5.49. The van der Waals surface area contributed by atoms with Crippen LogP contribution in [0.1, 0.15) is 56.6 Å². The van der Waals surface area contributed by atoms with E-state index >= 15 is 0 Å². The van der Waals surface area contributed by atoms with Crippen LogP contribution in [-0.4, -0.2) is 29.3 Å². The number of likely N-dealkylation sites (tertiary alicyclic amines) is 1. The average molecular weight is 328 g/mol. The van der Waals surface area contributed by atoms with Crippen molar-refractivity contribution in [2.45, 2.75) is 65.0 Å². The molecule has 24 heavy (non-hydrogen) atoms. The highest BCUT2D eigenvalue weighted by Gasteiger charge is 2.58. The monoisotopic (exact) mass is 328 g/mol. The molecule has 130 valence electrons. The molecule has 3 rings (SSSR count). The molecule has 4 nitrogen and oxygen atoms in total. The Bertz CT molecular complexity index is 622. The molecule has 1 aliphatic carbocycles. The quantitative estimate of drug-likeness (QED) is 0.844. The lowest BCUT2D eigenvalue weighted by Gasteiger charge is -2.37. The van der Waals surface area contributed by atoms with Gasteiger partial charge in [0.1, 0.15) is 5.41 Å². The summed E-state index contributed by atoms with van der Waals surface area (Å²) < 4.78 is 0. The molecule has 1 saturated carbocycles. The summed E-state index contributed by atoms with van der Waals surface area (Å²) in [7, 11) is 0. The van der Waals surface area contributed by atoms with Crippen molar-refractivity contribution in [2.75, 3.05) is 6.54 Å². The molecule has 2 aliphatic rings. The van der Waals surface area contributed by atoms with Crippen LogP contribution in [-0.2, 0) is 16.1 Å². The third-order valence-electron chi connectivity index (χ3n) is 5.49. The summed E-state index contributed by atoms with van der Waals surface area (Å²) in [6.07, 6.45) is 5.69. The van der Waals surface area contributed by atoms with E-state index in [0.29, 0.717) is 25.4 Å². The molecule has 1 aromatic carbocycles. The number of carbonyl (C=O) groups excluding carboxylic acids is 2. The van der Waals surface area contributed by atoms with E-state index < -0.39 is 5.41 Å². The highest BCUT2D eigenvalue weighted by Crippen LogP contribution is 2.48. The number of amides is 2. The zero-order valence-corrected chi connectivity index (χ0v) is 14.8. The number of piperidine rings is 1. The summed E-state index contributed by atoms with van der Waals surface area (Å²) in [5.74, 6) is -0.0229. The number of hydrogen-bond donors (Lipinski definition) is 1. The maximum Gasteiger partial charge on any atom is 0.238 e. The van der Waals surface area contributed by atoms with Gasteiger partial charge in [-0.05, 0) is 51.0 Å². The van der Waals surface area contributed by atoms with E-state index in [9.17, 15) is 9.59 Å². The van der Waals surface area contributed by atoms with E-state index in [4.69, 9.17) is 0 Å². The van der Waals surface area contributed by atoms with Gasteiger partial charge in [-0.25, -0.2) is 0 Å². The average Bonchev–Trinajstić information content (AvgIpc) is 3.41. The number of rotatable bonds is 5. The van der Waals surface area contributed by atoms with Crippen molar-refractivity contribution in [3.8, 4) is 0 Å². The zero-order valence-electron chi connectivity index (χ0n) is 14.8. The second kappa shape index (κ2) is 6.96. The molecule has 1 atom stereocenters. The summed E-state index contributed by atoms with van der Waals surface area (Å²) in [6.45, 7) is 5.48. The van der Waals surface area contributed by atoms with Crippen LogP contribution in [0.2, 0.25) is 0 Å². The maximum atomic E-state index is 13.0. The molecule has 4 heteroatoms. The standard InChI is InChI=1S/C20H28N2O2/c1-3-17-9-4-5-12-22(17)19(24)20(10-11-20)18(23)21-14-16-8-6-7-15(2)13-16/h6-8,13,17H,3-5,9-12,14H2,1-2H3,(H,21,23). The molecule has 0 bridgehead atoms. The molecular weight excluding hydrogens is 300 g/mol. The van der Waals surface area contributed by atoms with Crippen LogP contribution in [0.5, 0.6) is 0 Å². The predicted octanol–water partition coefficient (Wildman–Crippen LogP) is 3.18. The van der Waals surface area contributed by atoms with Crippen LogP contribution in [0.25, 0.3) is 0 Å². The van der Waals surface area contributed by atoms with Gasteiger partial charge in [0.25, 0.3) is 0 Å². The summed E-state index contributed by atoms with van der Waals surface area (Å²) in [5.41, 5.74) is 1.48. The maximum absolute atomic E-state index is 13.0. The molecule has 1 N–H and O–H groups in total. The Kier molecular flexibility index (Phi) is 4.93. The highest BCUT2D eigenvalue weighted by atomic mass is 16.2. The second-order valence-electron chi connectivity index (χ2n) is 7.31. The molecular formula is C20H28N2O2. The van der Waals surface area contributed by atoms with E-state index in [-0.39, 0.29) is 11.8 Å². The Balaban J connectivity index is 1.64. The Morgan fingerprint density at radius 2 is 2.08 bits per heavy atom. The van der Waals surface area contributed by atoms with Gasteiger partial charge in [-0.2, -0.15) is 0 Å². The summed E-state index contributed by atoms with van der Waals surface area (Å²) in [6, 6.07) is 8.42. The van der Waals surface area contributed by atoms with Crippen molar-refractivity contribution < 1.29 is 9.59 Å². The van der Waals surface area contributed by atoms with Crippen LogP contribution in [0.4, 0.5) is 0 Å². The molecule has 1 aliphatic heterocycles. The highest BCUT2D eigenvalue weighted by molar-refractivity contribution is 6.08. The number of hydrogen-bond acceptors (Lipinski definition) is 2. The van der Waals surface area contributed by atoms with Gasteiger partial charge in [-0.3, -0.25) is 9.59 Å². The van der Waals surface area contributed by atoms with Crippen LogP contribution >= 0.6 is 0 Å². The van der Waals surface area contributed by atoms with Crippen LogP contribution in [0, 0.1) is 12.3 Å². The summed E-state index contributed by atoms with van der Waals surface area (Å²) >= 11 is 0. The van der Waals surface area contributed by atoms with Gasteiger partial charge in [0.2, 0.25) is 11.8 Å². The van der Waals surface area contributed by atoms with E-state index in [0.717, 1.165) is 31.4 Å². The van der Waals surface area contributed by atoms with E-state index in [1.165, 1.54) is 12.0 Å². The van der Waals surface area contributed by atoms with Gasteiger partial charge >= 0.3 is 0 Å². The zero-order chi connectivity index (χ0) is 17.2. The van der Waals surface area contributed by atoms with E-state index in [1.54, 1.807) is 0 Å². The lowest BCUT2D eigenvalue weighted by atomic mass is 9.95. The molecule has 1 aromatic rings. The third kappa shape index (κ3) is 3.33. The van der Waals surface area contributed by atoms with Crippen LogP contribution < -0.4 is 5.32 Å². The molecule has 0 radical (unpaired) electrons. The first-order valence-electron chi connectivity index (χ1n) is 9.22. The van der Waals surface area contributed by atoms with Gasteiger partial charge < -0.3 is 10.2 Å². The Morgan fingerprint density at radius 3 is 2.75 bits per heavy atom. The molecule has 0 aromatic heterocycles. The first-order valence-corrected chi connectivity index (χ1v) is 9.22. The van der Waals surface area contributed by atoms with Crippen molar-refractivity contribution >= 4 is 11.8 Å². The van der Waals surface area contributed by atoms with Crippen LogP contribution in [0.15, 0.2) is 24.3 Å². The van der Waals surface area contributed by atoms with Crippen molar-refractivity contribution in [3.63, 3.8) is 0 Å². The van der Waals surface area contributed by atoms with Crippen molar-refractivity contribution in [1.82, 2.24) is 10.2 Å². The summed E-state index contributed by atoms with van der Waals surface area (Å²) in [5, 5.41) is 3.00. The molecule has 0 spiro atoms. The van der Waals surface area contributed by atoms with Crippen LogP contribution in [0.3, 0.4) is 0 Å². The minimum absolute atomic E-state index is 0.0655. The Labute approximate surface area is 144 Å². The fourth-order valence-corrected chi connectivity index (χ4v) is 3.80. The van der Waals surface area contributed by atoms with E-state index in [2.05, 4.69) is 18.3 Å². The van der Waals surface area contributed by atoms with Crippen molar-refractivity contribution in [1.29, 1.82) is 0 Å². The lowest BCUT2D eigenvalue weighted by Crippen LogP contribution is -2.50. The van der Waals surface area contributed by atoms with Gasteiger partial charge in [0.15, 0.2) is 0 Å². The number of nitrogens with zero attached hydrogens (tertiary/aromatic N) is 1. The topological polar surface area (TPSA) is 49.4 Å². The second-order valence-corrected chi connectivity index (χ2v) is 7.31. The normalized spacial score (nSPS) is 22.1. The fraction of sp³-hybridized carbons (Fsp3) is 0.600. The molecule has 1 saturated heterocycles. The van der Waals surface area contributed by atoms with Gasteiger partial charge in [-0.15, -0.1) is 0 Å². The van der Waals surface area contributed by atoms with Crippen molar-refractivity contribution in [2.24, 2.45) is 5.41 Å². The lowest BCUT2D eigenvalue weighted by molar-refractivity contribution is -0.147. The molecule has 2 fully saturated rings. The molecule has 1 unspecified atom stereocenters. The minimum atomic E-state index is -0.783. The predicted molar refractivity (Wildman–Crippen MR) is 94.3 cm³/mol. The number of benzene rings is 1. The van der Waals surface area contributed by atoms with E-state index in [1.807, 2.05) is 30.0 Å². The van der Waals surface area contributed by atoms with Gasteiger partial charge in [-0.1, -0.05) is 36.8 Å². The minimum Gasteiger partial charge on any atom is -0.351 e. The fourth-order valence-electron chi connectivity index (χ4n) is 3.80. The SMILES string of the molecule is CCC1CCCCN1C(=O)C1(C(=O)NCc2cccc(C)c2)CC1. The Morgan fingerprint density at radius 1 is 1.29 bits per heavy atom. The Hall–Kier alpha value is -1.84. The largest absolute Gasteiger partial charge is 0.351 e. The number of nitrogens with one attached hydrogen (secondary N) is 1. The molecule has 2 amide bonds. The summed E-state index contributed by atoms with van der Waals surface area (Å²) in [4.78, 5) is 27.7. The van der Waals surface area contributed by atoms with Crippen molar-refractivity contribution in [3.05, 3.63) is 35.4 Å². The number of carbonyl (C=O) groups is 2. The molecule has 1 heterocycles.